The first-order chi connectivity index (χ1) is 15.1. The minimum absolute atomic E-state index is 0.228. The summed E-state index contributed by atoms with van der Waals surface area (Å²) in [7, 11) is 3.71. The van der Waals surface area contributed by atoms with Crippen LogP contribution < -0.4 is 19.9 Å². The van der Waals surface area contributed by atoms with Crippen molar-refractivity contribution < 1.29 is 14.3 Å². The number of anilines is 3. The second kappa shape index (κ2) is 9.34. The summed E-state index contributed by atoms with van der Waals surface area (Å²) in [4.78, 5) is 25.3. The molecule has 4 rings (SSSR count). The maximum absolute atomic E-state index is 12.4. The molecule has 1 aliphatic rings. The number of nitrogens with one attached hydrogen (secondary N) is 1. The molecule has 3 aromatic heterocycles. The van der Waals surface area contributed by atoms with Gasteiger partial charge < -0.3 is 24.6 Å². The number of carbonyl (C=O) groups is 1. The number of amides is 1. The quantitative estimate of drug-likeness (QED) is 0.568. The van der Waals surface area contributed by atoms with Crippen LogP contribution >= 0.6 is 0 Å². The Kier molecular flexibility index (Phi) is 6.17. The lowest BCUT2D eigenvalue weighted by atomic mass is 10.4. The van der Waals surface area contributed by atoms with E-state index in [-0.39, 0.29) is 18.4 Å². The molecule has 31 heavy (non-hydrogen) atoms. The van der Waals surface area contributed by atoms with Crippen LogP contribution in [-0.2, 0) is 9.53 Å². The van der Waals surface area contributed by atoms with Crippen molar-refractivity contribution in [1.82, 2.24) is 29.9 Å². The fraction of sp³-hybridized carbons (Fsp3) is 0.368. The highest BCUT2D eigenvalue weighted by Gasteiger charge is 2.18. The summed E-state index contributed by atoms with van der Waals surface area (Å²) < 4.78 is 12.4. The summed E-state index contributed by atoms with van der Waals surface area (Å²) in [6.45, 7) is 2.51. The number of hydrogen-bond acceptors (Lipinski definition) is 10. The Morgan fingerprint density at radius 2 is 2.10 bits per heavy atom. The molecule has 12 heteroatoms. The van der Waals surface area contributed by atoms with Gasteiger partial charge in [0.15, 0.2) is 18.2 Å². The third-order valence-electron chi connectivity index (χ3n) is 4.46. The van der Waals surface area contributed by atoms with Crippen LogP contribution in [0.4, 0.5) is 17.5 Å². The van der Waals surface area contributed by atoms with Crippen molar-refractivity contribution in [3.63, 3.8) is 0 Å². The van der Waals surface area contributed by atoms with Crippen molar-refractivity contribution in [1.29, 1.82) is 0 Å². The molecule has 0 radical (unpaired) electrons. The van der Waals surface area contributed by atoms with E-state index in [9.17, 15) is 4.79 Å². The zero-order valence-corrected chi connectivity index (χ0v) is 17.3. The molecule has 1 N–H and O–H groups in total. The molecule has 1 saturated heterocycles. The average molecular weight is 425 g/mol. The van der Waals surface area contributed by atoms with Crippen molar-refractivity contribution in [3.05, 3.63) is 36.8 Å². The Morgan fingerprint density at radius 3 is 2.77 bits per heavy atom. The topological polar surface area (TPSA) is 123 Å². The van der Waals surface area contributed by atoms with E-state index in [4.69, 9.17) is 9.47 Å². The largest absolute Gasteiger partial charge is 0.466 e. The Balaban J connectivity index is 1.37. The number of rotatable bonds is 7. The Hall–Kier alpha value is -3.80. The molecule has 0 aliphatic carbocycles. The van der Waals surface area contributed by atoms with Gasteiger partial charge in [-0.05, 0) is 12.1 Å². The standard InChI is InChI=1S/C19H23N9O3/c1-26(2)18-14(12-20-19(23-18)27-8-10-30-11-9-27)22-16(29)13-31-17-5-4-15(24-25-17)28-7-3-6-21-28/h3-7,12H,8-11,13H2,1-2H3,(H,22,29). The summed E-state index contributed by atoms with van der Waals surface area (Å²) in [5, 5.41) is 14.9. The number of morpholine rings is 1. The fourth-order valence-corrected chi connectivity index (χ4v) is 2.95. The van der Waals surface area contributed by atoms with E-state index in [0.29, 0.717) is 36.5 Å². The Morgan fingerprint density at radius 1 is 1.26 bits per heavy atom. The highest BCUT2D eigenvalue weighted by Crippen LogP contribution is 2.24. The van der Waals surface area contributed by atoms with Crippen molar-refractivity contribution in [2.45, 2.75) is 0 Å². The summed E-state index contributed by atoms with van der Waals surface area (Å²) in [5.74, 6) is 1.64. The van der Waals surface area contributed by atoms with Gasteiger partial charge in [-0.3, -0.25) is 4.79 Å². The number of aromatic nitrogens is 6. The van der Waals surface area contributed by atoms with E-state index in [1.807, 2.05) is 19.0 Å². The number of hydrogen-bond donors (Lipinski definition) is 1. The van der Waals surface area contributed by atoms with Crippen LogP contribution in [0.15, 0.2) is 36.8 Å². The van der Waals surface area contributed by atoms with Crippen LogP contribution in [0.25, 0.3) is 5.82 Å². The van der Waals surface area contributed by atoms with Gasteiger partial charge >= 0.3 is 0 Å². The number of nitrogens with zero attached hydrogens (tertiary/aromatic N) is 8. The van der Waals surface area contributed by atoms with E-state index in [1.165, 1.54) is 0 Å². The van der Waals surface area contributed by atoms with Crippen LogP contribution in [-0.4, -0.2) is 82.9 Å². The van der Waals surface area contributed by atoms with Gasteiger partial charge in [-0.25, -0.2) is 9.67 Å². The van der Waals surface area contributed by atoms with Crippen molar-refractivity contribution in [2.75, 3.05) is 62.1 Å². The lowest BCUT2D eigenvalue weighted by molar-refractivity contribution is -0.118. The third kappa shape index (κ3) is 5.04. The van der Waals surface area contributed by atoms with Crippen LogP contribution in [0.3, 0.4) is 0 Å². The SMILES string of the molecule is CN(C)c1nc(N2CCOCC2)ncc1NC(=O)COc1ccc(-n2cccn2)nn1. The number of ether oxygens (including phenoxy) is 2. The zero-order valence-electron chi connectivity index (χ0n) is 17.3. The van der Waals surface area contributed by atoms with Crippen molar-refractivity contribution >= 4 is 23.4 Å². The molecular formula is C19H23N9O3. The molecule has 12 nitrogen and oxygen atoms in total. The van der Waals surface area contributed by atoms with Crippen molar-refractivity contribution in [2.24, 2.45) is 0 Å². The minimum Gasteiger partial charge on any atom is -0.466 e. The van der Waals surface area contributed by atoms with Gasteiger partial charge in [0.05, 0.1) is 19.4 Å². The lowest BCUT2D eigenvalue weighted by Gasteiger charge is -2.28. The lowest BCUT2D eigenvalue weighted by Crippen LogP contribution is -2.37. The monoisotopic (exact) mass is 425 g/mol. The van der Waals surface area contributed by atoms with E-state index in [1.54, 1.807) is 41.5 Å². The second-order valence-corrected chi connectivity index (χ2v) is 6.92. The zero-order chi connectivity index (χ0) is 21.6. The molecule has 0 spiro atoms. The van der Waals surface area contributed by atoms with E-state index >= 15 is 0 Å². The first-order valence-corrected chi connectivity index (χ1v) is 9.73. The van der Waals surface area contributed by atoms with Crippen LogP contribution in [0, 0.1) is 0 Å². The predicted molar refractivity (Wildman–Crippen MR) is 113 cm³/mol. The molecule has 3 aromatic rings. The fourth-order valence-electron chi connectivity index (χ4n) is 2.95. The summed E-state index contributed by atoms with van der Waals surface area (Å²) >= 11 is 0. The molecule has 0 aromatic carbocycles. The van der Waals surface area contributed by atoms with Gasteiger partial charge in [-0.15, -0.1) is 10.2 Å². The first-order valence-electron chi connectivity index (χ1n) is 9.73. The molecule has 1 fully saturated rings. The molecule has 162 valence electrons. The highest BCUT2D eigenvalue weighted by molar-refractivity contribution is 5.94. The molecular weight excluding hydrogens is 402 g/mol. The van der Waals surface area contributed by atoms with Gasteiger partial charge in [0.2, 0.25) is 11.8 Å². The maximum Gasteiger partial charge on any atom is 0.262 e. The molecule has 1 amide bonds. The average Bonchev–Trinajstić information content (AvgIpc) is 3.34. The van der Waals surface area contributed by atoms with Gasteiger partial charge in [-0.1, -0.05) is 0 Å². The van der Waals surface area contributed by atoms with Gasteiger partial charge in [0.1, 0.15) is 5.69 Å². The Labute approximate surface area is 178 Å². The molecule has 4 heterocycles. The summed E-state index contributed by atoms with van der Waals surface area (Å²) in [5.41, 5.74) is 0.496. The van der Waals surface area contributed by atoms with Crippen LogP contribution in [0.1, 0.15) is 0 Å². The van der Waals surface area contributed by atoms with E-state index in [0.717, 1.165) is 13.1 Å². The minimum atomic E-state index is -0.358. The summed E-state index contributed by atoms with van der Waals surface area (Å²) in [6, 6.07) is 5.12. The third-order valence-corrected chi connectivity index (χ3v) is 4.46. The van der Waals surface area contributed by atoms with E-state index < -0.39 is 0 Å². The van der Waals surface area contributed by atoms with Crippen molar-refractivity contribution in [3.8, 4) is 11.7 Å². The summed E-state index contributed by atoms with van der Waals surface area (Å²) in [6.07, 6.45) is 5.01. The maximum atomic E-state index is 12.4. The smallest absolute Gasteiger partial charge is 0.262 e. The van der Waals surface area contributed by atoms with Crippen LogP contribution in [0.5, 0.6) is 5.88 Å². The second-order valence-electron chi connectivity index (χ2n) is 6.92. The Bertz CT molecular complexity index is 1000. The molecule has 1 aliphatic heterocycles. The highest BCUT2D eigenvalue weighted by atomic mass is 16.5. The number of carbonyl (C=O) groups excluding carboxylic acids is 1. The first kappa shape index (κ1) is 20.5. The molecule has 0 saturated carbocycles. The van der Waals surface area contributed by atoms with Crippen LogP contribution in [0.2, 0.25) is 0 Å². The van der Waals surface area contributed by atoms with Gasteiger partial charge in [0, 0.05) is 45.6 Å². The normalized spacial score (nSPS) is 13.7. The molecule has 0 unspecified atom stereocenters. The van der Waals surface area contributed by atoms with E-state index in [2.05, 4.69) is 35.5 Å². The van der Waals surface area contributed by atoms with Gasteiger partial charge in [0.25, 0.3) is 5.91 Å². The van der Waals surface area contributed by atoms with Gasteiger partial charge in [-0.2, -0.15) is 10.1 Å². The molecule has 0 bridgehead atoms. The predicted octanol–water partition coefficient (Wildman–Crippen LogP) is 0.372. The molecule has 0 atom stereocenters.